The van der Waals surface area contributed by atoms with Crippen molar-refractivity contribution in [3.05, 3.63) is 51.7 Å². The van der Waals surface area contributed by atoms with E-state index in [2.05, 4.69) is 30.7 Å². The van der Waals surface area contributed by atoms with Crippen LogP contribution in [0, 0.1) is 30.0 Å². The third-order valence-corrected chi connectivity index (χ3v) is 7.73. The molecule has 2 aliphatic rings. The van der Waals surface area contributed by atoms with E-state index in [0.717, 1.165) is 31.8 Å². The van der Waals surface area contributed by atoms with Crippen LogP contribution in [0.2, 0.25) is 0 Å². The second-order valence-corrected chi connectivity index (χ2v) is 9.97. The fourth-order valence-electron chi connectivity index (χ4n) is 4.85. The number of hydrogen-bond donors (Lipinski definition) is 0. The Balaban J connectivity index is 1.41. The molecule has 0 radical (unpaired) electrons. The topological polar surface area (TPSA) is 25.4 Å². The molecule has 4 rings (SSSR count). The molecule has 3 heterocycles. The minimum Gasteiger partial charge on any atom is -0.373 e. The minimum absolute atomic E-state index is 0.0871. The number of thiazole rings is 1. The molecule has 152 valence electrons. The van der Waals surface area contributed by atoms with Crippen LogP contribution in [0.4, 0.5) is 4.39 Å². The third kappa shape index (κ3) is 4.17. The molecule has 0 unspecified atom stereocenters. The summed E-state index contributed by atoms with van der Waals surface area (Å²) in [5.74, 6) is 0.847. The summed E-state index contributed by atoms with van der Waals surface area (Å²) in [7, 11) is 0. The van der Waals surface area contributed by atoms with Gasteiger partial charge in [0, 0.05) is 11.4 Å². The molecular formula is C23H31FN2OS. The van der Waals surface area contributed by atoms with Gasteiger partial charge < -0.3 is 4.74 Å². The largest absolute Gasteiger partial charge is 0.373 e. The minimum atomic E-state index is -0.180. The molecular weight excluding hydrogens is 371 g/mol. The van der Waals surface area contributed by atoms with Crippen LogP contribution in [0.25, 0.3) is 0 Å². The number of rotatable bonds is 4. The number of halogens is 1. The summed E-state index contributed by atoms with van der Waals surface area (Å²) < 4.78 is 19.8. The summed E-state index contributed by atoms with van der Waals surface area (Å²) in [6, 6.07) is 6.90. The normalized spacial score (nSPS) is 25.5. The second-order valence-electron chi connectivity index (χ2n) is 9.03. The van der Waals surface area contributed by atoms with Crippen molar-refractivity contribution in [1.29, 1.82) is 0 Å². The second kappa shape index (κ2) is 8.21. The molecule has 0 aliphatic carbocycles. The van der Waals surface area contributed by atoms with Crippen molar-refractivity contribution in [2.24, 2.45) is 17.3 Å². The number of aromatic nitrogens is 1. The SMILES string of the molecule is Cc1ncsc1CN1CCC2(CC1)CO[C@@H](c1ccc(F)cc1)[C@H](C(C)C)C2. The molecule has 2 fully saturated rings. The van der Waals surface area contributed by atoms with Gasteiger partial charge in [-0.2, -0.15) is 0 Å². The standard InChI is InChI=1S/C23H31FN2OS/c1-16(2)20-12-23(14-27-22(20)18-4-6-19(24)7-5-18)8-10-26(11-9-23)13-21-17(3)25-15-28-21/h4-7,15-16,20,22H,8-14H2,1-3H3/t20-,22-/m0/s1. The Hall–Kier alpha value is -1.30. The number of hydrogen-bond acceptors (Lipinski definition) is 4. The molecule has 1 spiro atoms. The monoisotopic (exact) mass is 402 g/mol. The lowest BCUT2D eigenvalue weighted by Gasteiger charge is -2.50. The Bertz CT molecular complexity index is 780. The van der Waals surface area contributed by atoms with E-state index < -0.39 is 0 Å². The van der Waals surface area contributed by atoms with E-state index in [1.807, 2.05) is 17.6 Å². The fraction of sp³-hybridized carbons (Fsp3) is 0.609. The maximum Gasteiger partial charge on any atom is 0.123 e. The highest BCUT2D eigenvalue weighted by atomic mass is 32.1. The predicted molar refractivity (Wildman–Crippen MR) is 112 cm³/mol. The lowest BCUT2D eigenvalue weighted by atomic mass is 9.66. The van der Waals surface area contributed by atoms with E-state index in [1.54, 1.807) is 23.5 Å². The van der Waals surface area contributed by atoms with Crippen LogP contribution in [0.15, 0.2) is 29.8 Å². The zero-order valence-electron chi connectivity index (χ0n) is 17.2. The van der Waals surface area contributed by atoms with E-state index in [4.69, 9.17) is 4.74 Å². The van der Waals surface area contributed by atoms with Gasteiger partial charge in [-0.15, -0.1) is 11.3 Å². The molecule has 5 heteroatoms. The highest BCUT2D eigenvalue weighted by Crippen LogP contribution is 2.49. The predicted octanol–water partition coefficient (Wildman–Crippen LogP) is 5.61. The van der Waals surface area contributed by atoms with Crippen LogP contribution in [-0.2, 0) is 11.3 Å². The Morgan fingerprint density at radius 1 is 1.25 bits per heavy atom. The number of ether oxygens (including phenoxy) is 1. The number of piperidine rings is 1. The number of benzene rings is 1. The number of nitrogens with zero attached hydrogens (tertiary/aromatic N) is 2. The lowest BCUT2D eigenvalue weighted by Crippen LogP contribution is -2.47. The fourth-order valence-corrected chi connectivity index (χ4v) is 5.67. The van der Waals surface area contributed by atoms with Gasteiger partial charge >= 0.3 is 0 Å². The Labute approximate surface area is 171 Å². The van der Waals surface area contributed by atoms with Gasteiger partial charge in [-0.05, 0) is 74.2 Å². The molecule has 2 saturated heterocycles. The molecule has 1 aromatic heterocycles. The third-order valence-electron chi connectivity index (χ3n) is 6.81. The van der Waals surface area contributed by atoms with Crippen LogP contribution >= 0.6 is 11.3 Å². The summed E-state index contributed by atoms with van der Waals surface area (Å²) in [6.45, 7) is 10.8. The van der Waals surface area contributed by atoms with Crippen molar-refractivity contribution in [2.45, 2.75) is 52.7 Å². The zero-order valence-corrected chi connectivity index (χ0v) is 18.0. The van der Waals surface area contributed by atoms with Gasteiger partial charge in [0.1, 0.15) is 5.82 Å². The smallest absolute Gasteiger partial charge is 0.123 e. The average Bonchev–Trinajstić information content (AvgIpc) is 3.09. The molecule has 28 heavy (non-hydrogen) atoms. The van der Waals surface area contributed by atoms with Gasteiger partial charge in [-0.25, -0.2) is 9.37 Å². The molecule has 0 bridgehead atoms. The quantitative estimate of drug-likeness (QED) is 0.665. The molecule has 3 nitrogen and oxygen atoms in total. The van der Waals surface area contributed by atoms with Crippen LogP contribution < -0.4 is 0 Å². The molecule has 2 atom stereocenters. The Morgan fingerprint density at radius 3 is 2.57 bits per heavy atom. The molecule has 0 saturated carbocycles. The Morgan fingerprint density at radius 2 is 1.96 bits per heavy atom. The summed E-state index contributed by atoms with van der Waals surface area (Å²) in [5, 5.41) is 0. The van der Waals surface area contributed by atoms with Crippen molar-refractivity contribution in [3.8, 4) is 0 Å². The van der Waals surface area contributed by atoms with Gasteiger partial charge in [-0.3, -0.25) is 4.90 Å². The first kappa shape index (κ1) is 20.0. The van der Waals surface area contributed by atoms with Crippen LogP contribution in [0.5, 0.6) is 0 Å². The first-order valence-electron chi connectivity index (χ1n) is 10.4. The summed E-state index contributed by atoms with van der Waals surface area (Å²) >= 11 is 1.77. The number of likely N-dealkylation sites (tertiary alicyclic amines) is 1. The van der Waals surface area contributed by atoms with E-state index in [-0.39, 0.29) is 11.9 Å². The van der Waals surface area contributed by atoms with E-state index in [1.165, 1.54) is 29.8 Å². The van der Waals surface area contributed by atoms with Crippen molar-refractivity contribution in [2.75, 3.05) is 19.7 Å². The highest BCUT2D eigenvalue weighted by Gasteiger charge is 2.44. The van der Waals surface area contributed by atoms with Crippen molar-refractivity contribution in [3.63, 3.8) is 0 Å². The first-order chi connectivity index (χ1) is 13.5. The average molecular weight is 403 g/mol. The van der Waals surface area contributed by atoms with E-state index >= 15 is 0 Å². The Kier molecular flexibility index (Phi) is 5.86. The van der Waals surface area contributed by atoms with Gasteiger partial charge in [0.25, 0.3) is 0 Å². The molecule has 2 aromatic rings. The molecule has 0 N–H and O–H groups in total. The molecule has 2 aliphatic heterocycles. The van der Waals surface area contributed by atoms with Crippen LogP contribution in [0.1, 0.15) is 55.3 Å². The maximum atomic E-state index is 13.3. The van der Waals surface area contributed by atoms with Gasteiger partial charge in [0.05, 0.1) is 23.9 Å². The van der Waals surface area contributed by atoms with E-state index in [0.29, 0.717) is 17.3 Å². The lowest BCUT2D eigenvalue weighted by molar-refractivity contribution is -0.131. The zero-order chi connectivity index (χ0) is 19.7. The summed E-state index contributed by atoms with van der Waals surface area (Å²) in [4.78, 5) is 8.35. The van der Waals surface area contributed by atoms with Crippen LogP contribution in [-0.4, -0.2) is 29.6 Å². The molecule has 1 aromatic carbocycles. The summed E-state index contributed by atoms with van der Waals surface area (Å²) in [6.07, 6.45) is 3.69. The van der Waals surface area contributed by atoms with Gasteiger partial charge in [-0.1, -0.05) is 26.0 Å². The number of aryl methyl sites for hydroxylation is 1. The van der Waals surface area contributed by atoms with Gasteiger partial charge in [0.15, 0.2) is 0 Å². The van der Waals surface area contributed by atoms with Crippen molar-refractivity contribution < 1.29 is 9.13 Å². The van der Waals surface area contributed by atoms with Crippen molar-refractivity contribution >= 4 is 11.3 Å². The first-order valence-corrected chi connectivity index (χ1v) is 11.3. The maximum absolute atomic E-state index is 13.3. The molecule has 0 amide bonds. The summed E-state index contributed by atoms with van der Waals surface area (Å²) in [5.41, 5.74) is 4.54. The van der Waals surface area contributed by atoms with Crippen molar-refractivity contribution in [1.82, 2.24) is 9.88 Å². The highest BCUT2D eigenvalue weighted by molar-refractivity contribution is 7.09. The van der Waals surface area contributed by atoms with E-state index in [9.17, 15) is 4.39 Å². The van der Waals surface area contributed by atoms with Gasteiger partial charge in [0.2, 0.25) is 0 Å². The van der Waals surface area contributed by atoms with Crippen LogP contribution in [0.3, 0.4) is 0 Å².